The number of carbonyl (C=O) groups excluding carboxylic acids is 1. The zero-order chi connectivity index (χ0) is 14.9. The summed E-state index contributed by atoms with van der Waals surface area (Å²) in [6.45, 7) is 8.40. The van der Waals surface area contributed by atoms with Crippen LogP contribution >= 0.6 is 0 Å². The highest BCUT2D eigenvalue weighted by atomic mass is 19.1. The number of carbonyl (C=O) groups is 1. The minimum absolute atomic E-state index is 0.154. The van der Waals surface area contributed by atoms with Crippen LogP contribution in [0, 0.1) is 26.6 Å². The van der Waals surface area contributed by atoms with E-state index in [9.17, 15) is 9.18 Å². The molecule has 0 fully saturated rings. The standard InChI is InChI=1S/C16H19FN2O/c1-5-19-9-11(3)15(12(19)4)16(20)18-13-6-7-14(17)10(2)8-13/h6-9H,5H2,1-4H3,(H,18,20). The van der Waals surface area contributed by atoms with E-state index >= 15 is 0 Å². The van der Waals surface area contributed by atoms with E-state index in [0.717, 1.165) is 17.8 Å². The third kappa shape index (κ3) is 2.59. The van der Waals surface area contributed by atoms with Gasteiger partial charge in [-0.2, -0.15) is 0 Å². The summed E-state index contributed by atoms with van der Waals surface area (Å²) in [5, 5.41) is 2.83. The van der Waals surface area contributed by atoms with Crippen LogP contribution in [0.5, 0.6) is 0 Å². The highest BCUT2D eigenvalue weighted by molar-refractivity contribution is 6.06. The number of hydrogen-bond acceptors (Lipinski definition) is 1. The number of nitrogens with one attached hydrogen (secondary N) is 1. The van der Waals surface area contributed by atoms with Gasteiger partial charge in [-0.1, -0.05) is 0 Å². The van der Waals surface area contributed by atoms with E-state index in [1.165, 1.54) is 6.07 Å². The molecular weight excluding hydrogens is 255 g/mol. The monoisotopic (exact) mass is 274 g/mol. The van der Waals surface area contributed by atoms with Crippen molar-refractivity contribution in [3.05, 3.63) is 52.6 Å². The van der Waals surface area contributed by atoms with Gasteiger partial charge in [0.25, 0.3) is 5.91 Å². The van der Waals surface area contributed by atoms with Gasteiger partial charge < -0.3 is 9.88 Å². The molecule has 0 aliphatic carbocycles. The predicted molar refractivity (Wildman–Crippen MR) is 78.7 cm³/mol. The summed E-state index contributed by atoms with van der Waals surface area (Å²) in [5.41, 5.74) is 3.70. The number of anilines is 1. The van der Waals surface area contributed by atoms with E-state index in [4.69, 9.17) is 0 Å². The molecule has 1 N–H and O–H groups in total. The van der Waals surface area contributed by atoms with Gasteiger partial charge in [-0.3, -0.25) is 4.79 Å². The van der Waals surface area contributed by atoms with Crippen molar-refractivity contribution in [2.24, 2.45) is 0 Å². The van der Waals surface area contributed by atoms with Gasteiger partial charge in [-0.05, 0) is 57.0 Å². The topological polar surface area (TPSA) is 34.0 Å². The van der Waals surface area contributed by atoms with E-state index in [0.29, 0.717) is 16.8 Å². The number of benzene rings is 1. The number of aryl methyl sites for hydroxylation is 3. The van der Waals surface area contributed by atoms with Gasteiger partial charge in [0.15, 0.2) is 0 Å². The number of nitrogens with zero attached hydrogens (tertiary/aromatic N) is 1. The van der Waals surface area contributed by atoms with Crippen LogP contribution in [0.25, 0.3) is 0 Å². The highest BCUT2D eigenvalue weighted by Crippen LogP contribution is 2.19. The van der Waals surface area contributed by atoms with Crippen molar-refractivity contribution in [2.75, 3.05) is 5.32 Å². The molecule has 106 valence electrons. The first-order valence-corrected chi connectivity index (χ1v) is 6.67. The lowest BCUT2D eigenvalue weighted by atomic mass is 10.1. The Hall–Kier alpha value is -2.10. The number of rotatable bonds is 3. The fourth-order valence-electron chi connectivity index (χ4n) is 2.41. The Balaban J connectivity index is 2.28. The first-order valence-electron chi connectivity index (χ1n) is 6.67. The molecule has 0 saturated heterocycles. The summed E-state index contributed by atoms with van der Waals surface area (Å²) in [6, 6.07) is 4.57. The second kappa shape index (κ2) is 5.49. The zero-order valence-electron chi connectivity index (χ0n) is 12.2. The summed E-state index contributed by atoms with van der Waals surface area (Å²) >= 11 is 0. The van der Waals surface area contributed by atoms with E-state index < -0.39 is 0 Å². The van der Waals surface area contributed by atoms with Gasteiger partial charge in [-0.15, -0.1) is 0 Å². The van der Waals surface area contributed by atoms with E-state index in [1.807, 2.05) is 31.5 Å². The van der Waals surface area contributed by atoms with Crippen LogP contribution < -0.4 is 5.32 Å². The third-order valence-electron chi connectivity index (χ3n) is 3.52. The lowest BCUT2D eigenvalue weighted by Crippen LogP contribution is -2.14. The van der Waals surface area contributed by atoms with Gasteiger partial charge in [0, 0.05) is 24.1 Å². The maximum atomic E-state index is 13.2. The van der Waals surface area contributed by atoms with Gasteiger partial charge in [0.2, 0.25) is 0 Å². The fraction of sp³-hybridized carbons (Fsp3) is 0.312. The van der Waals surface area contributed by atoms with Gasteiger partial charge >= 0.3 is 0 Å². The Bertz CT molecular complexity index is 659. The van der Waals surface area contributed by atoms with Gasteiger partial charge in [-0.25, -0.2) is 4.39 Å². The van der Waals surface area contributed by atoms with Crippen LogP contribution in [0.3, 0.4) is 0 Å². The molecule has 2 aromatic rings. The second-order valence-electron chi connectivity index (χ2n) is 4.98. The summed E-state index contributed by atoms with van der Waals surface area (Å²) in [4.78, 5) is 12.4. The minimum Gasteiger partial charge on any atom is -0.351 e. The van der Waals surface area contributed by atoms with Crippen LogP contribution in [-0.4, -0.2) is 10.5 Å². The van der Waals surface area contributed by atoms with Gasteiger partial charge in [0.05, 0.1) is 5.56 Å². The van der Waals surface area contributed by atoms with Crippen molar-refractivity contribution in [1.82, 2.24) is 4.57 Å². The third-order valence-corrected chi connectivity index (χ3v) is 3.52. The predicted octanol–water partition coefficient (Wildman–Crippen LogP) is 3.82. The van der Waals surface area contributed by atoms with Crippen molar-refractivity contribution in [1.29, 1.82) is 0 Å². The molecule has 1 aromatic heterocycles. The summed E-state index contributed by atoms with van der Waals surface area (Å²) in [5.74, 6) is -0.425. The molecule has 3 nitrogen and oxygen atoms in total. The largest absolute Gasteiger partial charge is 0.351 e. The quantitative estimate of drug-likeness (QED) is 0.907. The molecule has 0 spiro atoms. The van der Waals surface area contributed by atoms with Crippen LogP contribution in [0.15, 0.2) is 24.4 Å². The molecule has 0 aliphatic heterocycles. The minimum atomic E-state index is -0.271. The maximum Gasteiger partial charge on any atom is 0.257 e. The zero-order valence-corrected chi connectivity index (χ0v) is 12.2. The Labute approximate surface area is 118 Å². The molecular formula is C16H19FN2O. The SMILES string of the molecule is CCn1cc(C)c(C(=O)Nc2ccc(F)c(C)c2)c1C. The van der Waals surface area contributed by atoms with Crippen molar-refractivity contribution in [3.8, 4) is 0 Å². The van der Waals surface area contributed by atoms with Crippen molar-refractivity contribution < 1.29 is 9.18 Å². The molecule has 20 heavy (non-hydrogen) atoms. The number of halogens is 1. The Morgan fingerprint density at radius 3 is 2.50 bits per heavy atom. The maximum absolute atomic E-state index is 13.2. The van der Waals surface area contributed by atoms with E-state index in [1.54, 1.807) is 19.1 Å². The van der Waals surface area contributed by atoms with E-state index in [-0.39, 0.29) is 11.7 Å². The lowest BCUT2D eigenvalue weighted by molar-refractivity contribution is 0.102. The Morgan fingerprint density at radius 2 is 1.95 bits per heavy atom. The first-order chi connectivity index (χ1) is 9.43. The average Bonchev–Trinajstić information content (AvgIpc) is 2.68. The molecule has 0 radical (unpaired) electrons. The molecule has 1 heterocycles. The molecule has 4 heteroatoms. The molecule has 0 bridgehead atoms. The molecule has 0 unspecified atom stereocenters. The molecule has 1 amide bonds. The second-order valence-corrected chi connectivity index (χ2v) is 4.98. The molecule has 0 atom stereocenters. The number of aromatic nitrogens is 1. The summed E-state index contributed by atoms with van der Waals surface area (Å²) in [6.07, 6.45) is 1.97. The van der Waals surface area contributed by atoms with Crippen molar-refractivity contribution >= 4 is 11.6 Å². The molecule has 1 aromatic carbocycles. The van der Waals surface area contributed by atoms with Crippen LogP contribution in [-0.2, 0) is 6.54 Å². The average molecular weight is 274 g/mol. The van der Waals surface area contributed by atoms with Gasteiger partial charge in [0.1, 0.15) is 5.82 Å². The fourth-order valence-corrected chi connectivity index (χ4v) is 2.41. The Morgan fingerprint density at radius 1 is 1.25 bits per heavy atom. The number of amides is 1. The molecule has 0 saturated carbocycles. The number of hydrogen-bond donors (Lipinski definition) is 1. The summed E-state index contributed by atoms with van der Waals surface area (Å²) < 4.78 is 15.3. The molecule has 0 aliphatic rings. The van der Waals surface area contributed by atoms with Crippen LogP contribution in [0.2, 0.25) is 0 Å². The lowest BCUT2D eigenvalue weighted by Gasteiger charge is -2.08. The first kappa shape index (κ1) is 14.3. The highest BCUT2D eigenvalue weighted by Gasteiger charge is 2.16. The van der Waals surface area contributed by atoms with E-state index in [2.05, 4.69) is 5.32 Å². The van der Waals surface area contributed by atoms with Crippen LogP contribution in [0.4, 0.5) is 10.1 Å². The summed E-state index contributed by atoms with van der Waals surface area (Å²) in [7, 11) is 0. The van der Waals surface area contributed by atoms with Crippen LogP contribution in [0.1, 0.15) is 34.1 Å². The van der Waals surface area contributed by atoms with Crippen molar-refractivity contribution in [2.45, 2.75) is 34.2 Å². The smallest absolute Gasteiger partial charge is 0.257 e. The normalized spacial score (nSPS) is 10.7. The Kier molecular flexibility index (Phi) is 3.93. The van der Waals surface area contributed by atoms with Crippen molar-refractivity contribution in [3.63, 3.8) is 0 Å². The molecule has 2 rings (SSSR count).